The number of anilines is 1. The minimum Gasteiger partial charge on any atom is -0.352 e. The molecule has 4 nitrogen and oxygen atoms in total. The molecule has 0 aliphatic heterocycles. The lowest BCUT2D eigenvalue weighted by Gasteiger charge is -2.14. The van der Waals surface area contributed by atoms with Crippen LogP contribution >= 0.6 is 11.3 Å². The van der Waals surface area contributed by atoms with E-state index in [-0.39, 0.29) is 18.3 Å². The summed E-state index contributed by atoms with van der Waals surface area (Å²) in [4.78, 5) is 17.4. The molecular formula is C12H14FN3OS. The Hall–Kier alpha value is -1.69. The first kappa shape index (κ1) is 12.8. The number of halogens is 1. The lowest BCUT2D eigenvalue weighted by molar-refractivity contribution is -0.127. The van der Waals surface area contributed by atoms with E-state index >= 15 is 0 Å². The zero-order valence-electron chi connectivity index (χ0n) is 10.2. The van der Waals surface area contributed by atoms with E-state index in [0.717, 1.165) is 4.70 Å². The highest BCUT2D eigenvalue weighted by Gasteiger charge is 2.08. The molecule has 1 aromatic heterocycles. The summed E-state index contributed by atoms with van der Waals surface area (Å²) in [5.41, 5.74) is 0.610. The molecule has 1 heterocycles. The second kappa shape index (κ2) is 5.30. The van der Waals surface area contributed by atoms with Crippen molar-refractivity contribution in [1.82, 2.24) is 9.88 Å². The molecule has 1 aromatic carbocycles. The third kappa shape index (κ3) is 2.76. The highest BCUT2D eigenvalue weighted by atomic mass is 32.1. The highest BCUT2D eigenvalue weighted by molar-refractivity contribution is 7.22. The van der Waals surface area contributed by atoms with Crippen molar-refractivity contribution < 1.29 is 9.18 Å². The number of aromatic nitrogens is 1. The molecular weight excluding hydrogens is 253 g/mol. The van der Waals surface area contributed by atoms with E-state index in [1.165, 1.54) is 23.5 Å². The molecule has 2 rings (SSSR count). The van der Waals surface area contributed by atoms with Gasteiger partial charge >= 0.3 is 0 Å². The van der Waals surface area contributed by atoms with Gasteiger partial charge < -0.3 is 10.2 Å². The molecule has 0 fully saturated rings. The number of hydrogen-bond donors (Lipinski definition) is 1. The minimum absolute atomic E-state index is 0.00272. The summed E-state index contributed by atoms with van der Waals surface area (Å²) < 4.78 is 13.9. The van der Waals surface area contributed by atoms with Crippen LogP contribution in [0.15, 0.2) is 18.2 Å². The van der Waals surface area contributed by atoms with Gasteiger partial charge in [0.2, 0.25) is 5.91 Å². The van der Waals surface area contributed by atoms with Crippen LogP contribution in [0.4, 0.5) is 9.52 Å². The van der Waals surface area contributed by atoms with E-state index in [0.29, 0.717) is 17.2 Å². The Balaban J connectivity index is 2.06. The van der Waals surface area contributed by atoms with Gasteiger partial charge in [0.15, 0.2) is 5.13 Å². The number of carbonyl (C=O) groups excluding carboxylic acids is 1. The third-order valence-electron chi connectivity index (χ3n) is 2.64. The third-order valence-corrected chi connectivity index (χ3v) is 3.63. The van der Waals surface area contributed by atoms with Crippen molar-refractivity contribution >= 4 is 32.6 Å². The van der Waals surface area contributed by atoms with Gasteiger partial charge in [-0.1, -0.05) is 11.3 Å². The molecule has 0 radical (unpaired) electrons. The van der Waals surface area contributed by atoms with Gasteiger partial charge in [0, 0.05) is 19.7 Å². The van der Waals surface area contributed by atoms with Crippen LogP contribution in [0.5, 0.6) is 0 Å². The maximum absolute atomic E-state index is 13.0. The number of nitrogens with one attached hydrogen (secondary N) is 1. The van der Waals surface area contributed by atoms with Crippen LogP contribution in [0, 0.1) is 5.82 Å². The largest absolute Gasteiger partial charge is 0.352 e. The molecule has 0 spiro atoms. The summed E-state index contributed by atoms with van der Waals surface area (Å²) in [6.07, 6.45) is 0. The van der Waals surface area contributed by atoms with Crippen molar-refractivity contribution in [2.24, 2.45) is 0 Å². The van der Waals surface area contributed by atoms with E-state index in [2.05, 4.69) is 10.3 Å². The van der Waals surface area contributed by atoms with E-state index in [4.69, 9.17) is 0 Å². The number of likely N-dealkylation sites (N-methyl/N-ethyl adjacent to an activating group) is 1. The number of amides is 1. The van der Waals surface area contributed by atoms with Crippen molar-refractivity contribution in [2.45, 2.75) is 6.92 Å². The van der Waals surface area contributed by atoms with Crippen LogP contribution in [0.25, 0.3) is 10.2 Å². The Morgan fingerprint density at radius 3 is 3.06 bits per heavy atom. The molecule has 96 valence electrons. The van der Waals surface area contributed by atoms with Gasteiger partial charge in [0.05, 0.1) is 16.8 Å². The van der Waals surface area contributed by atoms with E-state index in [1.807, 2.05) is 6.92 Å². The Labute approximate surface area is 108 Å². The molecule has 0 bridgehead atoms. The monoisotopic (exact) mass is 267 g/mol. The van der Waals surface area contributed by atoms with Crippen molar-refractivity contribution in [1.29, 1.82) is 0 Å². The van der Waals surface area contributed by atoms with Crippen LogP contribution < -0.4 is 5.32 Å². The van der Waals surface area contributed by atoms with Crippen LogP contribution in [0.2, 0.25) is 0 Å². The minimum atomic E-state index is -0.304. The lowest BCUT2D eigenvalue weighted by atomic mass is 10.3. The average Bonchev–Trinajstić information content (AvgIpc) is 2.76. The standard InChI is InChI=1S/C12H14FN3OS/c1-3-16(2)11(17)7-14-12-15-9-6-8(13)4-5-10(9)18-12/h4-6H,3,7H2,1-2H3,(H,14,15). The fraction of sp³-hybridized carbons (Fsp3) is 0.333. The molecule has 0 aliphatic rings. The van der Waals surface area contributed by atoms with Crippen LogP contribution in [0.1, 0.15) is 6.92 Å². The fourth-order valence-electron chi connectivity index (χ4n) is 1.44. The molecule has 0 atom stereocenters. The van der Waals surface area contributed by atoms with Gasteiger partial charge in [0.1, 0.15) is 5.82 Å². The number of hydrogen-bond acceptors (Lipinski definition) is 4. The number of nitrogens with zero attached hydrogens (tertiary/aromatic N) is 2. The Morgan fingerprint density at radius 2 is 2.33 bits per heavy atom. The smallest absolute Gasteiger partial charge is 0.241 e. The van der Waals surface area contributed by atoms with Crippen LogP contribution in [-0.2, 0) is 4.79 Å². The topological polar surface area (TPSA) is 45.2 Å². The van der Waals surface area contributed by atoms with Crippen molar-refractivity contribution in [3.63, 3.8) is 0 Å². The number of carbonyl (C=O) groups is 1. The summed E-state index contributed by atoms with van der Waals surface area (Å²) in [7, 11) is 1.75. The molecule has 6 heteroatoms. The first-order chi connectivity index (χ1) is 8.60. The summed E-state index contributed by atoms with van der Waals surface area (Å²) in [5.74, 6) is -0.302. The lowest BCUT2D eigenvalue weighted by Crippen LogP contribution is -2.31. The van der Waals surface area contributed by atoms with Crippen molar-refractivity contribution in [2.75, 3.05) is 25.5 Å². The van der Waals surface area contributed by atoms with E-state index in [9.17, 15) is 9.18 Å². The maximum Gasteiger partial charge on any atom is 0.241 e. The molecule has 0 saturated carbocycles. The maximum atomic E-state index is 13.0. The SMILES string of the molecule is CCN(C)C(=O)CNc1nc2cc(F)ccc2s1. The predicted molar refractivity (Wildman–Crippen MR) is 71.4 cm³/mol. The molecule has 18 heavy (non-hydrogen) atoms. The number of benzene rings is 1. The number of fused-ring (bicyclic) bond motifs is 1. The predicted octanol–water partition coefficient (Wildman–Crippen LogP) is 2.33. The van der Waals surface area contributed by atoms with Gasteiger partial charge in [-0.25, -0.2) is 9.37 Å². The average molecular weight is 267 g/mol. The summed E-state index contributed by atoms with van der Waals surface area (Å²) in [6, 6.07) is 4.48. The Morgan fingerprint density at radius 1 is 1.56 bits per heavy atom. The summed E-state index contributed by atoms with van der Waals surface area (Å²) in [5, 5.41) is 3.60. The van der Waals surface area contributed by atoms with Gasteiger partial charge in [-0.3, -0.25) is 4.79 Å². The first-order valence-electron chi connectivity index (χ1n) is 5.64. The zero-order valence-corrected chi connectivity index (χ0v) is 11.1. The molecule has 0 unspecified atom stereocenters. The second-order valence-electron chi connectivity index (χ2n) is 3.89. The van der Waals surface area contributed by atoms with Crippen molar-refractivity contribution in [3.8, 4) is 0 Å². The van der Waals surface area contributed by atoms with Gasteiger partial charge in [-0.05, 0) is 19.1 Å². The fourth-order valence-corrected chi connectivity index (χ4v) is 2.28. The zero-order chi connectivity index (χ0) is 13.1. The number of rotatable bonds is 4. The Kier molecular flexibility index (Phi) is 3.76. The molecule has 1 N–H and O–H groups in total. The summed E-state index contributed by atoms with van der Waals surface area (Å²) >= 11 is 1.41. The van der Waals surface area contributed by atoms with Crippen LogP contribution in [0.3, 0.4) is 0 Å². The second-order valence-corrected chi connectivity index (χ2v) is 4.92. The Bertz CT molecular complexity index is 569. The molecule has 0 saturated heterocycles. The van der Waals surface area contributed by atoms with Crippen LogP contribution in [-0.4, -0.2) is 35.9 Å². The number of thiazole rings is 1. The molecule has 1 amide bonds. The van der Waals surface area contributed by atoms with Gasteiger partial charge in [-0.2, -0.15) is 0 Å². The highest BCUT2D eigenvalue weighted by Crippen LogP contribution is 2.26. The van der Waals surface area contributed by atoms with Gasteiger partial charge in [0.25, 0.3) is 0 Å². The quantitative estimate of drug-likeness (QED) is 0.924. The van der Waals surface area contributed by atoms with Crippen molar-refractivity contribution in [3.05, 3.63) is 24.0 Å². The van der Waals surface area contributed by atoms with E-state index in [1.54, 1.807) is 18.0 Å². The normalized spacial score (nSPS) is 10.6. The summed E-state index contributed by atoms with van der Waals surface area (Å²) in [6.45, 7) is 2.79. The van der Waals surface area contributed by atoms with E-state index < -0.39 is 0 Å². The molecule has 0 aliphatic carbocycles. The van der Waals surface area contributed by atoms with Gasteiger partial charge in [-0.15, -0.1) is 0 Å². The molecule has 2 aromatic rings. The first-order valence-corrected chi connectivity index (χ1v) is 6.45.